The smallest absolute Gasteiger partial charge is 0.435 e. The van der Waals surface area contributed by atoms with Crippen molar-refractivity contribution in [1.29, 1.82) is 0 Å². The third-order valence-corrected chi connectivity index (χ3v) is 7.49. The topological polar surface area (TPSA) is 107 Å². The molecule has 0 aromatic carbocycles. The average Bonchev–Trinajstić information content (AvgIpc) is 3.51. The fraction of sp³-hybridized carbons (Fsp3) is 0.615. The van der Waals surface area contributed by atoms with Crippen LogP contribution in [0.1, 0.15) is 68.4 Å². The number of hydrogen-bond acceptors (Lipinski definition) is 6. The highest BCUT2D eigenvalue weighted by Gasteiger charge is 2.40. The van der Waals surface area contributed by atoms with Crippen molar-refractivity contribution in [3.05, 3.63) is 29.2 Å². The zero-order chi connectivity index (χ0) is 27.6. The van der Waals surface area contributed by atoms with Gasteiger partial charge in [-0.2, -0.15) is 18.3 Å². The molecule has 0 spiro atoms. The third kappa shape index (κ3) is 6.05. The summed E-state index contributed by atoms with van der Waals surface area (Å²) in [7, 11) is 3.01. The number of carboxylic acids is 1. The molecule has 0 unspecified atom stereocenters. The number of carbonyl (C=O) groups excluding carboxylic acids is 1. The lowest BCUT2D eigenvalue weighted by atomic mass is 9.87. The van der Waals surface area contributed by atoms with Gasteiger partial charge in [0.05, 0.1) is 34.7 Å². The molecule has 0 saturated heterocycles. The molecule has 4 rings (SSSR count). The van der Waals surface area contributed by atoms with Crippen molar-refractivity contribution in [2.45, 2.75) is 83.2 Å². The molecule has 2 saturated carbocycles. The maximum atomic E-state index is 14.0. The van der Waals surface area contributed by atoms with E-state index >= 15 is 0 Å². The van der Waals surface area contributed by atoms with Crippen LogP contribution in [0.15, 0.2) is 12.1 Å². The number of aliphatic carboxylic acids is 1. The number of nitrogens with zero attached hydrogens (tertiary/aromatic N) is 4. The van der Waals surface area contributed by atoms with E-state index in [4.69, 9.17) is 9.47 Å². The number of carboxylic acid groups (broad SMARTS) is 1. The Morgan fingerprint density at radius 2 is 1.87 bits per heavy atom. The second-order valence-electron chi connectivity index (χ2n) is 10.1. The van der Waals surface area contributed by atoms with E-state index in [2.05, 4.69) is 10.1 Å². The van der Waals surface area contributed by atoms with E-state index in [1.807, 2.05) is 0 Å². The average molecular weight is 539 g/mol. The Kier molecular flexibility index (Phi) is 8.17. The molecule has 2 atom stereocenters. The number of aromatic nitrogens is 3. The van der Waals surface area contributed by atoms with Gasteiger partial charge in [0.2, 0.25) is 0 Å². The van der Waals surface area contributed by atoms with Gasteiger partial charge >= 0.3 is 18.2 Å². The van der Waals surface area contributed by atoms with Gasteiger partial charge in [-0.15, -0.1) is 0 Å². The van der Waals surface area contributed by atoms with E-state index < -0.39 is 36.5 Å². The van der Waals surface area contributed by atoms with Gasteiger partial charge in [0, 0.05) is 20.1 Å². The Balaban J connectivity index is 1.57. The number of rotatable bonds is 7. The maximum absolute atomic E-state index is 14.0. The number of halogens is 3. The van der Waals surface area contributed by atoms with Crippen LogP contribution in [0.5, 0.6) is 5.75 Å². The Hall–Kier alpha value is -3.31. The molecule has 0 bridgehead atoms. The fourth-order valence-electron chi connectivity index (χ4n) is 5.33. The lowest BCUT2D eigenvalue weighted by molar-refractivity contribution is -0.144. The number of carbonyl (C=O) groups is 2. The Bertz CT molecular complexity index is 1180. The SMILES string of the molecule is Cc1nc(-c2c(C(F)(F)F)nn(C)c2COC(=O)N(C)C2CCCC2)ccc1O[C@H]1CCC[C@H](C(=O)O)C1. The van der Waals surface area contributed by atoms with Gasteiger partial charge in [0.15, 0.2) is 5.69 Å². The zero-order valence-corrected chi connectivity index (χ0v) is 21.8. The summed E-state index contributed by atoms with van der Waals surface area (Å²) < 4.78 is 54.4. The van der Waals surface area contributed by atoms with Gasteiger partial charge in [-0.1, -0.05) is 12.8 Å². The summed E-state index contributed by atoms with van der Waals surface area (Å²) in [5.41, 5.74) is -0.914. The molecule has 38 heavy (non-hydrogen) atoms. The molecule has 2 heterocycles. The van der Waals surface area contributed by atoms with E-state index in [9.17, 15) is 27.9 Å². The van der Waals surface area contributed by atoms with E-state index in [1.165, 1.54) is 18.0 Å². The largest absolute Gasteiger partial charge is 0.489 e. The number of aryl methyl sites for hydroxylation is 2. The summed E-state index contributed by atoms with van der Waals surface area (Å²) in [4.78, 5) is 29.9. The third-order valence-electron chi connectivity index (χ3n) is 7.49. The maximum Gasteiger partial charge on any atom is 0.435 e. The molecule has 0 radical (unpaired) electrons. The van der Waals surface area contributed by atoms with Gasteiger partial charge < -0.3 is 19.5 Å². The van der Waals surface area contributed by atoms with Gasteiger partial charge in [-0.25, -0.2) is 9.78 Å². The van der Waals surface area contributed by atoms with Gasteiger partial charge in [-0.3, -0.25) is 9.48 Å². The van der Waals surface area contributed by atoms with Crippen molar-refractivity contribution in [2.24, 2.45) is 13.0 Å². The summed E-state index contributed by atoms with van der Waals surface area (Å²) in [6.07, 6.45) is 0.485. The van der Waals surface area contributed by atoms with Crippen LogP contribution in [-0.4, -0.2) is 56.0 Å². The predicted octanol–water partition coefficient (Wildman–Crippen LogP) is 5.34. The van der Waals surface area contributed by atoms with Crippen molar-refractivity contribution in [3.8, 4) is 17.0 Å². The van der Waals surface area contributed by atoms with Crippen LogP contribution < -0.4 is 4.74 Å². The fourth-order valence-corrected chi connectivity index (χ4v) is 5.33. The summed E-state index contributed by atoms with van der Waals surface area (Å²) in [6.45, 7) is 1.22. The van der Waals surface area contributed by atoms with Gasteiger partial charge in [-0.05, 0) is 57.6 Å². The highest BCUT2D eigenvalue weighted by Crippen LogP contribution is 2.39. The van der Waals surface area contributed by atoms with Gasteiger partial charge in [0.25, 0.3) is 0 Å². The van der Waals surface area contributed by atoms with Crippen molar-refractivity contribution < 1.29 is 37.3 Å². The minimum atomic E-state index is -4.76. The molecule has 208 valence electrons. The van der Waals surface area contributed by atoms with E-state index in [1.54, 1.807) is 20.0 Å². The standard InChI is InChI=1S/C26H33F3N4O5/c1-15-21(38-18-10-6-7-16(13-18)24(34)35)12-11-19(30-15)22-20(33(3)31-23(22)26(27,28)29)14-37-25(36)32(2)17-8-4-5-9-17/h11-12,16-18H,4-10,13-14H2,1-3H3,(H,34,35)/t16-,18-/m0/s1. The number of ether oxygens (including phenoxy) is 2. The molecule has 2 fully saturated rings. The molecule has 2 aromatic heterocycles. The zero-order valence-electron chi connectivity index (χ0n) is 21.8. The highest BCUT2D eigenvalue weighted by atomic mass is 19.4. The summed E-state index contributed by atoms with van der Waals surface area (Å²) in [5.74, 6) is -0.958. The minimum Gasteiger partial charge on any atom is -0.489 e. The van der Waals surface area contributed by atoms with E-state index in [-0.39, 0.29) is 29.1 Å². The normalized spacial score (nSPS) is 20.4. The van der Waals surface area contributed by atoms with Crippen LogP contribution in [-0.2, 0) is 29.4 Å². The lowest BCUT2D eigenvalue weighted by Crippen LogP contribution is -2.35. The molecule has 12 heteroatoms. The first-order chi connectivity index (χ1) is 18.0. The molecule has 1 N–H and O–H groups in total. The minimum absolute atomic E-state index is 0.0255. The molecular weight excluding hydrogens is 505 g/mol. The number of hydrogen-bond donors (Lipinski definition) is 1. The van der Waals surface area contributed by atoms with Gasteiger partial charge in [0.1, 0.15) is 12.4 Å². The Morgan fingerprint density at radius 1 is 1.16 bits per heavy atom. The van der Waals surface area contributed by atoms with Crippen molar-refractivity contribution in [2.75, 3.05) is 7.05 Å². The Morgan fingerprint density at radius 3 is 2.50 bits per heavy atom. The van der Waals surface area contributed by atoms with Crippen LogP contribution in [0.2, 0.25) is 0 Å². The van der Waals surface area contributed by atoms with Crippen LogP contribution in [0, 0.1) is 12.8 Å². The first-order valence-electron chi connectivity index (χ1n) is 12.9. The van der Waals surface area contributed by atoms with Crippen molar-refractivity contribution in [1.82, 2.24) is 19.7 Å². The Labute approximate surface area is 218 Å². The van der Waals surface area contributed by atoms with Crippen LogP contribution >= 0.6 is 0 Å². The number of amides is 1. The molecule has 2 aliphatic rings. The molecule has 1 amide bonds. The predicted molar refractivity (Wildman–Crippen MR) is 130 cm³/mol. The summed E-state index contributed by atoms with van der Waals surface area (Å²) in [6, 6.07) is 3.02. The molecule has 9 nitrogen and oxygen atoms in total. The van der Waals surface area contributed by atoms with E-state index in [0.717, 1.165) is 36.8 Å². The van der Waals surface area contributed by atoms with Crippen LogP contribution in [0.3, 0.4) is 0 Å². The van der Waals surface area contributed by atoms with E-state index in [0.29, 0.717) is 30.7 Å². The summed E-state index contributed by atoms with van der Waals surface area (Å²) >= 11 is 0. The molecule has 2 aromatic rings. The first kappa shape index (κ1) is 27.7. The quantitative estimate of drug-likeness (QED) is 0.507. The van der Waals surface area contributed by atoms with Crippen molar-refractivity contribution >= 4 is 12.1 Å². The van der Waals surface area contributed by atoms with Crippen LogP contribution in [0.4, 0.5) is 18.0 Å². The molecule has 2 aliphatic carbocycles. The molecule has 0 aliphatic heterocycles. The molecular formula is C26H33F3N4O5. The van der Waals surface area contributed by atoms with Crippen LogP contribution in [0.25, 0.3) is 11.3 Å². The number of pyridine rings is 1. The monoisotopic (exact) mass is 538 g/mol. The first-order valence-corrected chi connectivity index (χ1v) is 12.9. The second-order valence-corrected chi connectivity index (χ2v) is 10.1. The number of alkyl halides is 3. The second kappa shape index (κ2) is 11.2. The lowest BCUT2D eigenvalue weighted by Gasteiger charge is -2.27. The highest BCUT2D eigenvalue weighted by molar-refractivity contribution is 5.70. The summed E-state index contributed by atoms with van der Waals surface area (Å²) in [5, 5.41) is 13.0. The van der Waals surface area contributed by atoms with Crippen molar-refractivity contribution in [3.63, 3.8) is 0 Å².